The molecule has 0 amide bonds. The zero-order chi connectivity index (χ0) is 24.3. The van der Waals surface area contributed by atoms with Crippen LogP contribution in [0, 0.1) is 0 Å². The molecule has 0 bridgehead atoms. The number of aromatic carboxylic acids is 1. The van der Waals surface area contributed by atoms with Gasteiger partial charge in [-0.25, -0.2) is 9.78 Å². The highest BCUT2D eigenvalue weighted by Gasteiger charge is 2.17. The molecule has 0 spiro atoms. The molecule has 2 aliphatic rings. The standard InChI is InChI=1S/C23H29NO3.C5H4O3/c1-2-5-19(4-1)20-7-9-21(10-8-20)26-14-15-27-23-17-18(11-12-24-23)16-22-6-3-13-25-22;6-5(7)4-2-1-3-8-4/h7-12,17,19,22H,1-6,13-16H2;1-3H,(H,6,7). The molecule has 2 aromatic heterocycles. The van der Waals surface area contributed by atoms with Crippen LogP contribution in [0.5, 0.6) is 11.6 Å². The highest BCUT2D eigenvalue weighted by molar-refractivity contribution is 5.84. The van der Waals surface area contributed by atoms with E-state index in [0.29, 0.717) is 25.2 Å². The topological polar surface area (TPSA) is 91.0 Å². The molecule has 1 aromatic carbocycles. The molecular formula is C28H33NO6. The van der Waals surface area contributed by atoms with Gasteiger partial charge in [-0.05, 0) is 79.5 Å². The Labute approximate surface area is 206 Å². The molecule has 1 saturated heterocycles. The summed E-state index contributed by atoms with van der Waals surface area (Å²) in [6.07, 6.45) is 12.1. The summed E-state index contributed by atoms with van der Waals surface area (Å²) >= 11 is 0. The van der Waals surface area contributed by atoms with Crippen molar-refractivity contribution in [2.75, 3.05) is 19.8 Å². The molecule has 1 atom stereocenters. The van der Waals surface area contributed by atoms with Gasteiger partial charge >= 0.3 is 5.97 Å². The zero-order valence-corrected chi connectivity index (χ0v) is 19.9. The lowest BCUT2D eigenvalue weighted by Crippen LogP contribution is -2.11. The molecule has 5 rings (SSSR count). The number of carbonyl (C=O) groups is 1. The molecular weight excluding hydrogens is 446 g/mol. The number of hydrogen-bond donors (Lipinski definition) is 1. The van der Waals surface area contributed by atoms with E-state index in [1.807, 2.05) is 18.3 Å². The van der Waals surface area contributed by atoms with Gasteiger partial charge in [-0.15, -0.1) is 0 Å². The van der Waals surface area contributed by atoms with E-state index in [0.717, 1.165) is 37.5 Å². The monoisotopic (exact) mass is 479 g/mol. The van der Waals surface area contributed by atoms with Crippen LogP contribution in [0.2, 0.25) is 0 Å². The summed E-state index contributed by atoms with van der Waals surface area (Å²) in [5.41, 5.74) is 2.67. The number of aromatic nitrogens is 1. The fourth-order valence-corrected chi connectivity index (χ4v) is 4.53. The van der Waals surface area contributed by atoms with E-state index >= 15 is 0 Å². The molecule has 1 saturated carbocycles. The summed E-state index contributed by atoms with van der Waals surface area (Å²) in [6.45, 7) is 1.89. The van der Waals surface area contributed by atoms with Crippen LogP contribution < -0.4 is 9.47 Å². The Morgan fingerprint density at radius 1 is 1.00 bits per heavy atom. The Balaban J connectivity index is 0.000000308. The molecule has 1 aliphatic heterocycles. The van der Waals surface area contributed by atoms with Gasteiger partial charge < -0.3 is 23.7 Å². The number of pyridine rings is 1. The SMILES string of the molecule is O=C(O)c1ccco1.c1cc(CC2CCCO2)cc(OCCOc2ccc(C3CCCC3)cc2)n1. The highest BCUT2D eigenvalue weighted by atomic mass is 16.5. The van der Waals surface area contributed by atoms with Crippen LogP contribution in [-0.4, -0.2) is 42.0 Å². The summed E-state index contributed by atoms with van der Waals surface area (Å²) < 4.78 is 21.8. The number of carboxylic acid groups (broad SMARTS) is 1. The molecule has 7 heteroatoms. The van der Waals surface area contributed by atoms with Crippen LogP contribution in [0.4, 0.5) is 0 Å². The maximum absolute atomic E-state index is 9.97. The van der Waals surface area contributed by atoms with Gasteiger partial charge in [0.2, 0.25) is 11.6 Å². The Hall–Kier alpha value is -3.32. The maximum Gasteiger partial charge on any atom is 0.371 e. The van der Waals surface area contributed by atoms with Crippen LogP contribution in [0.3, 0.4) is 0 Å². The van der Waals surface area contributed by atoms with Gasteiger partial charge in [0.1, 0.15) is 19.0 Å². The van der Waals surface area contributed by atoms with Gasteiger partial charge in [-0.1, -0.05) is 25.0 Å². The average molecular weight is 480 g/mol. The molecule has 1 aliphatic carbocycles. The predicted molar refractivity (Wildman–Crippen MR) is 131 cm³/mol. The van der Waals surface area contributed by atoms with Crippen molar-refractivity contribution in [2.24, 2.45) is 0 Å². The van der Waals surface area contributed by atoms with Gasteiger partial charge in [0.05, 0.1) is 12.4 Å². The lowest BCUT2D eigenvalue weighted by Gasteiger charge is -2.12. The number of furan rings is 1. The van der Waals surface area contributed by atoms with Crippen molar-refractivity contribution in [1.82, 2.24) is 4.98 Å². The van der Waals surface area contributed by atoms with Gasteiger partial charge in [0.15, 0.2) is 0 Å². The Morgan fingerprint density at radius 3 is 2.46 bits per heavy atom. The first-order chi connectivity index (χ1) is 17.2. The second-order valence-electron chi connectivity index (χ2n) is 8.87. The van der Waals surface area contributed by atoms with Crippen molar-refractivity contribution in [3.63, 3.8) is 0 Å². The van der Waals surface area contributed by atoms with Crippen LogP contribution in [0.15, 0.2) is 65.4 Å². The van der Waals surface area contributed by atoms with E-state index in [-0.39, 0.29) is 5.76 Å². The molecule has 186 valence electrons. The largest absolute Gasteiger partial charge is 0.490 e. The molecule has 1 unspecified atom stereocenters. The summed E-state index contributed by atoms with van der Waals surface area (Å²) in [7, 11) is 0. The Morgan fingerprint density at radius 2 is 1.80 bits per heavy atom. The number of rotatable bonds is 9. The van der Waals surface area contributed by atoms with E-state index < -0.39 is 5.97 Å². The van der Waals surface area contributed by atoms with Crippen LogP contribution in [0.1, 0.15) is 66.1 Å². The number of ether oxygens (including phenoxy) is 3. The number of carboxylic acids is 1. The maximum atomic E-state index is 9.97. The number of nitrogens with zero attached hydrogens (tertiary/aromatic N) is 1. The number of benzene rings is 1. The van der Waals surface area contributed by atoms with Crippen molar-refractivity contribution in [1.29, 1.82) is 0 Å². The fourth-order valence-electron chi connectivity index (χ4n) is 4.53. The van der Waals surface area contributed by atoms with Gasteiger partial charge in [0.25, 0.3) is 0 Å². The molecule has 7 nitrogen and oxygen atoms in total. The highest BCUT2D eigenvalue weighted by Crippen LogP contribution is 2.34. The first kappa shape index (κ1) is 24.8. The van der Waals surface area contributed by atoms with Crippen molar-refractivity contribution in [3.05, 3.63) is 77.9 Å². The summed E-state index contributed by atoms with van der Waals surface area (Å²) in [5.74, 6) is 1.25. The fraction of sp³-hybridized carbons (Fsp3) is 0.429. The smallest absolute Gasteiger partial charge is 0.371 e. The summed E-state index contributed by atoms with van der Waals surface area (Å²) in [5, 5.41) is 8.18. The second kappa shape index (κ2) is 13.0. The van der Waals surface area contributed by atoms with Crippen molar-refractivity contribution in [3.8, 4) is 11.6 Å². The van der Waals surface area contributed by atoms with Gasteiger partial charge in [-0.2, -0.15) is 0 Å². The van der Waals surface area contributed by atoms with E-state index in [9.17, 15) is 4.79 Å². The molecule has 1 N–H and O–H groups in total. The Kier molecular flexibility index (Phi) is 9.17. The minimum absolute atomic E-state index is 0.0231. The van der Waals surface area contributed by atoms with Gasteiger partial charge in [-0.3, -0.25) is 0 Å². The first-order valence-corrected chi connectivity index (χ1v) is 12.4. The van der Waals surface area contributed by atoms with E-state index in [4.69, 9.17) is 19.3 Å². The molecule has 35 heavy (non-hydrogen) atoms. The molecule has 0 radical (unpaired) electrons. The van der Waals surface area contributed by atoms with E-state index in [2.05, 4.69) is 33.7 Å². The van der Waals surface area contributed by atoms with Crippen molar-refractivity contribution >= 4 is 5.97 Å². The zero-order valence-electron chi connectivity index (χ0n) is 19.9. The average Bonchev–Trinajstić information content (AvgIpc) is 3.67. The Bertz CT molecular complexity index is 1020. The third-order valence-electron chi connectivity index (χ3n) is 6.33. The second-order valence-corrected chi connectivity index (χ2v) is 8.87. The molecule has 3 aromatic rings. The first-order valence-electron chi connectivity index (χ1n) is 12.4. The minimum Gasteiger partial charge on any atom is -0.490 e. The van der Waals surface area contributed by atoms with E-state index in [1.165, 1.54) is 55.2 Å². The van der Waals surface area contributed by atoms with Crippen LogP contribution >= 0.6 is 0 Å². The third kappa shape index (κ3) is 7.86. The molecule has 2 fully saturated rings. The van der Waals surface area contributed by atoms with Crippen molar-refractivity contribution in [2.45, 2.75) is 57.0 Å². The number of hydrogen-bond acceptors (Lipinski definition) is 6. The predicted octanol–water partition coefficient (Wildman–Crippen LogP) is 5.90. The summed E-state index contributed by atoms with van der Waals surface area (Å²) in [6, 6.07) is 15.5. The molecule has 3 heterocycles. The minimum atomic E-state index is -1.03. The lowest BCUT2D eigenvalue weighted by atomic mass is 9.98. The lowest BCUT2D eigenvalue weighted by molar-refractivity contribution is 0.0662. The van der Waals surface area contributed by atoms with Crippen LogP contribution in [0.25, 0.3) is 0 Å². The normalized spacial score (nSPS) is 17.5. The quantitative estimate of drug-likeness (QED) is 0.382. The van der Waals surface area contributed by atoms with Crippen molar-refractivity contribution < 1.29 is 28.5 Å². The van der Waals surface area contributed by atoms with Gasteiger partial charge in [0, 0.05) is 18.9 Å². The van der Waals surface area contributed by atoms with Crippen LogP contribution in [-0.2, 0) is 11.2 Å². The third-order valence-corrected chi connectivity index (χ3v) is 6.33. The van der Waals surface area contributed by atoms with E-state index in [1.54, 1.807) is 0 Å². The summed E-state index contributed by atoms with van der Waals surface area (Å²) in [4.78, 5) is 14.3.